The van der Waals surface area contributed by atoms with E-state index in [1.807, 2.05) is 0 Å². The van der Waals surface area contributed by atoms with Crippen LogP contribution in [0.5, 0.6) is 0 Å². The van der Waals surface area contributed by atoms with Crippen molar-refractivity contribution in [2.45, 2.75) is 4.90 Å². The Bertz CT molecular complexity index is 1070. The number of imide groups is 1. The number of rotatable bonds is 3. The number of carbonyl (C=O) groups is 2. The zero-order valence-corrected chi connectivity index (χ0v) is 16.9. The van der Waals surface area contributed by atoms with Gasteiger partial charge in [-0.2, -0.15) is 4.31 Å². The Morgan fingerprint density at radius 1 is 0.862 bits per heavy atom. The topological polar surface area (TPSA) is 104 Å². The average molecular weight is 431 g/mol. The fourth-order valence-corrected chi connectivity index (χ4v) is 5.09. The molecule has 1 saturated heterocycles. The molecule has 0 aromatic heterocycles. The molecule has 150 valence electrons. The number of hydrogen-bond donors (Lipinski definition) is 1. The third-order valence-electron chi connectivity index (χ3n) is 5.08. The zero-order valence-electron chi connectivity index (χ0n) is 15.3. The molecule has 0 spiro atoms. The van der Waals surface area contributed by atoms with E-state index in [-0.39, 0.29) is 23.1 Å². The molecule has 2 N–H and O–H groups in total. The second-order valence-electron chi connectivity index (χ2n) is 6.71. The lowest BCUT2D eigenvalue weighted by Gasteiger charge is -2.34. The van der Waals surface area contributed by atoms with Crippen molar-refractivity contribution < 1.29 is 18.0 Å². The smallest absolute Gasteiger partial charge is 0.266 e. The van der Waals surface area contributed by atoms with Crippen LogP contribution in [-0.4, -0.2) is 60.7 Å². The van der Waals surface area contributed by atoms with Crippen LogP contribution in [0.25, 0.3) is 0 Å². The Morgan fingerprint density at radius 2 is 1.38 bits per heavy atom. The summed E-state index contributed by atoms with van der Waals surface area (Å²) >= 11 is 4.93. The number of sulfonamides is 1. The second-order valence-corrected chi connectivity index (χ2v) is 9.07. The van der Waals surface area contributed by atoms with Crippen LogP contribution >= 0.6 is 12.2 Å². The molecule has 8 nitrogen and oxygen atoms in total. The molecule has 0 saturated carbocycles. The number of hydrogen-bond acceptors (Lipinski definition) is 5. The number of benzene rings is 2. The Labute approximate surface area is 173 Å². The minimum absolute atomic E-state index is 0.0987. The monoisotopic (exact) mass is 430 g/mol. The van der Waals surface area contributed by atoms with Gasteiger partial charge in [-0.3, -0.25) is 9.59 Å². The van der Waals surface area contributed by atoms with Gasteiger partial charge in [0.15, 0.2) is 5.11 Å². The summed E-state index contributed by atoms with van der Waals surface area (Å²) in [4.78, 5) is 28.1. The molecule has 2 amide bonds. The highest BCUT2D eigenvalue weighted by Crippen LogP contribution is 2.29. The summed E-state index contributed by atoms with van der Waals surface area (Å²) in [7, 11) is -3.70. The summed E-state index contributed by atoms with van der Waals surface area (Å²) in [5, 5.41) is 0.257. The van der Waals surface area contributed by atoms with Crippen molar-refractivity contribution in [3.63, 3.8) is 0 Å². The lowest BCUT2D eigenvalue weighted by atomic mass is 10.1. The van der Waals surface area contributed by atoms with E-state index >= 15 is 0 Å². The SMILES string of the molecule is NC(=S)N1CCN(S(=O)(=O)c2ccc(N3C(=O)c4ccccc4C3=O)cc2)CC1. The molecule has 0 atom stereocenters. The summed E-state index contributed by atoms with van der Waals surface area (Å²) in [6.07, 6.45) is 0. The van der Waals surface area contributed by atoms with Gasteiger partial charge in [-0.25, -0.2) is 13.3 Å². The molecule has 10 heteroatoms. The molecule has 2 aliphatic rings. The van der Waals surface area contributed by atoms with E-state index in [1.54, 1.807) is 29.2 Å². The molecule has 2 aliphatic heterocycles. The maximum Gasteiger partial charge on any atom is 0.266 e. The molecular formula is C19H18N4O4S2. The highest BCUT2D eigenvalue weighted by atomic mass is 32.2. The molecule has 2 aromatic rings. The molecule has 2 aromatic carbocycles. The largest absolute Gasteiger partial charge is 0.376 e. The van der Waals surface area contributed by atoms with E-state index in [4.69, 9.17) is 18.0 Å². The van der Waals surface area contributed by atoms with Crippen molar-refractivity contribution in [1.82, 2.24) is 9.21 Å². The highest BCUT2D eigenvalue weighted by molar-refractivity contribution is 7.89. The molecular weight excluding hydrogens is 412 g/mol. The van der Waals surface area contributed by atoms with E-state index in [2.05, 4.69) is 0 Å². The first-order valence-electron chi connectivity index (χ1n) is 8.93. The van der Waals surface area contributed by atoms with Gasteiger partial charge in [0.05, 0.1) is 21.7 Å². The number of nitrogens with two attached hydrogens (primary N) is 1. The van der Waals surface area contributed by atoms with Crippen molar-refractivity contribution in [3.05, 3.63) is 59.7 Å². The minimum Gasteiger partial charge on any atom is -0.376 e. The van der Waals surface area contributed by atoms with E-state index in [1.165, 1.54) is 28.6 Å². The van der Waals surface area contributed by atoms with Crippen molar-refractivity contribution in [3.8, 4) is 0 Å². The van der Waals surface area contributed by atoms with Gasteiger partial charge in [-0.1, -0.05) is 12.1 Å². The quantitative estimate of drug-likeness (QED) is 0.573. The van der Waals surface area contributed by atoms with Gasteiger partial charge in [0.25, 0.3) is 11.8 Å². The molecule has 0 radical (unpaired) electrons. The molecule has 0 aliphatic carbocycles. The van der Waals surface area contributed by atoms with Crippen LogP contribution in [0.4, 0.5) is 5.69 Å². The maximum atomic E-state index is 12.9. The van der Waals surface area contributed by atoms with Crippen molar-refractivity contribution in [2.24, 2.45) is 5.73 Å². The normalized spacial score (nSPS) is 17.5. The highest BCUT2D eigenvalue weighted by Gasteiger charge is 2.36. The molecule has 29 heavy (non-hydrogen) atoms. The van der Waals surface area contributed by atoms with Crippen LogP contribution in [0.15, 0.2) is 53.4 Å². The molecule has 4 rings (SSSR count). The van der Waals surface area contributed by atoms with Crippen LogP contribution in [0, 0.1) is 0 Å². The van der Waals surface area contributed by atoms with Crippen LogP contribution < -0.4 is 10.6 Å². The van der Waals surface area contributed by atoms with E-state index in [9.17, 15) is 18.0 Å². The van der Waals surface area contributed by atoms with Gasteiger partial charge in [0, 0.05) is 26.2 Å². The third-order valence-corrected chi connectivity index (χ3v) is 7.25. The zero-order chi connectivity index (χ0) is 20.8. The number of anilines is 1. The van der Waals surface area contributed by atoms with E-state index in [0.717, 1.165) is 4.90 Å². The number of thiocarbonyl (C=S) groups is 1. The molecule has 1 fully saturated rings. The van der Waals surface area contributed by atoms with Crippen LogP contribution in [-0.2, 0) is 10.0 Å². The van der Waals surface area contributed by atoms with Crippen molar-refractivity contribution in [1.29, 1.82) is 0 Å². The van der Waals surface area contributed by atoms with E-state index < -0.39 is 21.8 Å². The molecule has 0 bridgehead atoms. The van der Waals surface area contributed by atoms with Gasteiger partial charge < -0.3 is 10.6 Å². The number of amides is 2. The van der Waals surface area contributed by atoms with E-state index in [0.29, 0.717) is 29.9 Å². The van der Waals surface area contributed by atoms with Crippen molar-refractivity contribution in [2.75, 3.05) is 31.1 Å². The van der Waals surface area contributed by atoms with Gasteiger partial charge >= 0.3 is 0 Å². The average Bonchev–Trinajstić information content (AvgIpc) is 2.99. The Balaban J connectivity index is 1.55. The standard InChI is InChI=1S/C19H18N4O4S2/c20-19(28)21-9-11-22(12-10-21)29(26,27)14-7-5-13(6-8-14)23-17(24)15-3-1-2-4-16(15)18(23)25/h1-8H,9-12H2,(H2,20,28). The van der Waals surface area contributed by atoms with Crippen molar-refractivity contribution >= 4 is 44.9 Å². The predicted octanol–water partition coefficient (Wildman–Crippen LogP) is 1.04. The van der Waals surface area contributed by atoms with Crippen LogP contribution in [0.2, 0.25) is 0 Å². The van der Waals surface area contributed by atoms with Gasteiger partial charge in [0.2, 0.25) is 10.0 Å². The number of piperazine rings is 1. The lowest BCUT2D eigenvalue weighted by Crippen LogP contribution is -2.51. The first-order chi connectivity index (χ1) is 13.8. The second kappa shape index (κ2) is 7.21. The minimum atomic E-state index is -3.70. The summed E-state index contributed by atoms with van der Waals surface area (Å²) in [6.45, 7) is 1.42. The summed E-state index contributed by atoms with van der Waals surface area (Å²) in [6, 6.07) is 12.4. The predicted molar refractivity (Wildman–Crippen MR) is 111 cm³/mol. The number of fused-ring (bicyclic) bond motifs is 1. The van der Waals surface area contributed by atoms with Crippen LogP contribution in [0.1, 0.15) is 20.7 Å². The Hall–Kier alpha value is -2.82. The lowest BCUT2D eigenvalue weighted by molar-refractivity contribution is 0.0926. The fourth-order valence-electron chi connectivity index (χ4n) is 3.49. The number of carbonyl (C=O) groups excluding carboxylic acids is 2. The molecule has 0 unspecified atom stereocenters. The third kappa shape index (κ3) is 3.28. The first kappa shape index (κ1) is 19.5. The maximum absolute atomic E-state index is 12.9. The van der Waals surface area contributed by atoms with Gasteiger partial charge in [-0.15, -0.1) is 0 Å². The van der Waals surface area contributed by atoms with Gasteiger partial charge in [-0.05, 0) is 48.6 Å². The Morgan fingerprint density at radius 3 is 1.86 bits per heavy atom. The summed E-state index contributed by atoms with van der Waals surface area (Å²) in [5.41, 5.74) is 6.60. The summed E-state index contributed by atoms with van der Waals surface area (Å²) in [5.74, 6) is -0.842. The Kier molecular flexibility index (Phi) is 4.85. The number of nitrogens with zero attached hydrogens (tertiary/aromatic N) is 3. The molecule has 2 heterocycles. The fraction of sp³-hybridized carbons (Fsp3) is 0.211. The van der Waals surface area contributed by atoms with Gasteiger partial charge in [0.1, 0.15) is 0 Å². The van der Waals surface area contributed by atoms with Crippen LogP contribution in [0.3, 0.4) is 0 Å². The summed E-state index contributed by atoms with van der Waals surface area (Å²) < 4.78 is 27.2. The first-order valence-corrected chi connectivity index (χ1v) is 10.8.